The number of fused-ring (bicyclic) bond motifs is 4. The third-order valence-corrected chi connectivity index (χ3v) is 9.11. The molecule has 9 rings (SSSR count). The molecule has 0 unspecified atom stereocenters. The number of aromatic nitrogens is 3. The number of hydrogen-bond acceptors (Lipinski definition) is 4. The molecule has 4 nitrogen and oxygen atoms in total. The summed E-state index contributed by atoms with van der Waals surface area (Å²) in [5, 5.41) is 4.77. The summed E-state index contributed by atoms with van der Waals surface area (Å²) in [5.41, 5.74) is 8.50. The van der Waals surface area contributed by atoms with E-state index < -0.39 is 0 Å². The van der Waals surface area contributed by atoms with Crippen LogP contribution in [0.3, 0.4) is 0 Å². The Morgan fingerprint density at radius 2 is 1.04 bits per heavy atom. The Bertz CT molecular complexity index is 2630. The zero-order chi connectivity index (χ0) is 32.0. The van der Waals surface area contributed by atoms with Gasteiger partial charge in [-0.2, -0.15) is 0 Å². The van der Waals surface area contributed by atoms with Gasteiger partial charge in [0.2, 0.25) is 0 Å². The first-order chi connectivity index (χ1) is 23.7. The molecule has 0 spiro atoms. The fourth-order valence-electron chi connectivity index (χ4n) is 6.47. The van der Waals surface area contributed by atoms with E-state index in [1.807, 2.05) is 72.8 Å². The molecular weight excluding hydrogens is 610 g/mol. The Labute approximate surface area is 282 Å². The van der Waals surface area contributed by atoms with Crippen LogP contribution < -0.4 is 0 Å². The maximum absolute atomic E-state index is 6.67. The number of nitrogens with zero attached hydrogens (tertiary/aromatic N) is 3. The normalized spacial score (nSPS) is 11.4. The van der Waals surface area contributed by atoms with E-state index in [0.29, 0.717) is 28.1 Å². The average Bonchev–Trinajstić information content (AvgIpc) is 3.56. The Morgan fingerprint density at radius 1 is 0.417 bits per heavy atom. The summed E-state index contributed by atoms with van der Waals surface area (Å²) in [7, 11) is 0. The van der Waals surface area contributed by atoms with Crippen molar-refractivity contribution in [1.29, 1.82) is 0 Å². The van der Waals surface area contributed by atoms with E-state index in [4.69, 9.17) is 31.0 Å². The number of furan rings is 1. The quantitative estimate of drug-likeness (QED) is 0.189. The Hall–Kier alpha value is -6.10. The van der Waals surface area contributed by atoms with Crippen molar-refractivity contribution in [1.82, 2.24) is 15.0 Å². The average molecular weight is 636 g/mol. The molecule has 48 heavy (non-hydrogen) atoms. The van der Waals surface area contributed by atoms with Crippen LogP contribution in [0.4, 0.5) is 0 Å². The van der Waals surface area contributed by atoms with E-state index in [2.05, 4.69) is 84.9 Å². The van der Waals surface area contributed by atoms with Crippen molar-refractivity contribution in [2.24, 2.45) is 0 Å². The minimum Gasteiger partial charge on any atom is -0.454 e. The van der Waals surface area contributed by atoms with Gasteiger partial charge in [-0.3, -0.25) is 0 Å². The summed E-state index contributed by atoms with van der Waals surface area (Å²) in [4.78, 5) is 15.2. The van der Waals surface area contributed by atoms with Crippen LogP contribution in [0.15, 0.2) is 162 Å². The Balaban J connectivity index is 1.29. The van der Waals surface area contributed by atoms with Gasteiger partial charge in [0.05, 0.1) is 5.02 Å². The lowest BCUT2D eigenvalue weighted by Crippen LogP contribution is -2.01. The van der Waals surface area contributed by atoms with Crippen LogP contribution in [0.5, 0.6) is 0 Å². The smallest absolute Gasteiger partial charge is 0.164 e. The number of para-hydroxylation sites is 1. The molecule has 5 heteroatoms. The highest BCUT2D eigenvalue weighted by Crippen LogP contribution is 2.41. The molecule has 0 atom stereocenters. The molecule has 0 amide bonds. The highest BCUT2D eigenvalue weighted by atomic mass is 35.5. The van der Waals surface area contributed by atoms with Crippen molar-refractivity contribution >= 4 is 44.3 Å². The SMILES string of the molecule is Clc1ccc(-c2nc(-c3ccccc3)nc(-c3ccc(-c4ccccc4)c(-c4ccc5ccccc5c4)c3)n2)c2c1oc1ccccc12. The molecule has 0 saturated carbocycles. The Kier molecular flexibility index (Phi) is 6.81. The number of halogens is 1. The molecule has 0 bridgehead atoms. The summed E-state index contributed by atoms with van der Waals surface area (Å²) in [6.45, 7) is 0. The zero-order valence-corrected chi connectivity index (χ0v) is 26.4. The highest BCUT2D eigenvalue weighted by Gasteiger charge is 2.20. The molecule has 2 aromatic heterocycles. The van der Waals surface area contributed by atoms with Crippen molar-refractivity contribution in [3.05, 3.63) is 163 Å². The molecule has 0 radical (unpaired) electrons. The van der Waals surface area contributed by atoms with Gasteiger partial charge in [0.1, 0.15) is 5.58 Å². The lowest BCUT2D eigenvalue weighted by atomic mass is 9.91. The van der Waals surface area contributed by atoms with E-state index >= 15 is 0 Å². The summed E-state index contributed by atoms with van der Waals surface area (Å²) < 4.78 is 6.22. The van der Waals surface area contributed by atoms with Gasteiger partial charge in [-0.25, -0.2) is 15.0 Å². The van der Waals surface area contributed by atoms with Gasteiger partial charge in [-0.05, 0) is 63.4 Å². The molecule has 0 fully saturated rings. The molecule has 226 valence electrons. The zero-order valence-electron chi connectivity index (χ0n) is 25.6. The Morgan fingerprint density at radius 3 is 1.85 bits per heavy atom. The van der Waals surface area contributed by atoms with Gasteiger partial charge >= 0.3 is 0 Å². The standard InChI is InChI=1S/C43H26ClN3O/c44-37-24-23-35(39-34-17-9-10-18-38(34)48-40(37)39)43-46-41(29-14-5-2-6-15-29)45-42(47-43)32-21-22-33(28-12-3-1-4-13-28)36(26-32)31-20-19-27-11-7-8-16-30(27)25-31/h1-26H. The number of benzene rings is 7. The second-order valence-electron chi connectivity index (χ2n) is 11.8. The van der Waals surface area contributed by atoms with Crippen LogP contribution in [-0.2, 0) is 0 Å². The van der Waals surface area contributed by atoms with E-state index in [9.17, 15) is 0 Å². The molecule has 9 aromatic rings. The van der Waals surface area contributed by atoms with Crippen molar-refractivity contribution in [3.63, 3.8) is 0 Å². The lowest BCUT2D eigenvalue weighted by Gasteiger charge is -2.14. The maximum Gasteiger partial charge on any atom is 0.164 e. The summed E-state index contributed by atoms with van der Waals surface area (Å²) in [6, 6.07) is 53.8. The van der Waals surface area contributed by atoms with Gasteiger partial charge in [0.15, 0.2) is 23.1 Å². The predicted molar refractivity (Wildman–Crippen MR) is 197 cm³/mol. The van der Waals surface area contributed by atoms with Crippen LogP contribution in [0.2, 0.25) is 5.02 Å². The second-order valence-corrected chi connectivity index (χ2v) is 12.2. The van der Waals surface area contributed by atoms with Crippen LogP contribution in [-0.4, -0.2) is 15.0 Å². The number of rotatable bonds is 5. The fourth-order valence-corrected chi connectivity index (χ4v) is 6.67. The first-order valence-electron chi connectivity index (χ1n) is 15.8. The monoisotopic (exact) mass is 635 g/mol. The fraction of sp³-hybridized carbons (Fsp3) is 0. The third kappa shape index (κ3) is 4.91. The van der Waals surface area contributed by atoms with E-state index in [1.54, 1.807) is 0 Å². The molecule has 0 aliphatic carbocycles. The van der Waals surface area contributed by atoms with E-state index in [-0.39, 0.29) is 0 Å². The number of hydrogen-bond donors (Lipinski definition) is 0. The van der Waals surface area contributed by atoms with Crippen molar-refractivity contribution < 1.29 is 4.42 Å². The van der Waals surface area contributed by atoms with Gasteiger partial charge < -0.3 is 4.42 Å². The van der Waals surface area contributed by atoms with Crippen LogP contribution in [0, 0.1) is 0 Å². The maximum atomic E-state index is 6.67. The van der Waals surface area contributed by atoms with Crippen LogP contribution in [0.1, 0.15) is 0 Å². The molecule has 0 saturated heterocycles. The second kappa shape index (κ2) is 11.6. The molecule has 2 heterocycles. The summed E-state index contributed by atoms with van der Waals surface area (Å²) in [5.74, 6) is 1.72. The van der Waals surface area contributed by atoms with Gasteiger partial charge in [0, 0.05) is 27.5 Å². The molecule has 0 N–H and O–H groups in total. The molecule has 0 aliphatic rings. The van der Waals surface area contributed by atoms with Gasteiger partial charge in [-0.15, -0.1) is 0 Å². The van der Waals surface area contributed by atoms with Crippen LogP contribution >= 0.6 is 11.6 Å². The summed E-state index contributed by atoms with van der Waals surface area (Å²) >= 11 is 6.67. The van der Waals surface area contributed by atoms with Crippen molar-refractivity contribution in [3.8, 4) is 56.4 Å². The van der Waals surface area contributed by atoms with Gasteiger partial charge in [0.25, 0.3) is 0 Å². The molecular formula is C43H26ClN3O. The van der Waals surface area contributed by atoms with E-state index in [1.165, 1.54) is 10.8 Å². The first kappa shape index (κ1) is 28.1. The molecule has 0 aliphatic heterocycles. The topological polar surface area (TPSA) is 51.8 Å². The van der Waals surface area contributed by atoms with Gasteiger partial charge in [-0.1, -0.05) is 139 Å². The minimum atomic E-state index is 0.541. The lowest BCUT2D eigenvalue weighted by molar-refractivity contribution is 0.669. The highest BCUT2D eigenvalue weighted by molar-refractivity contribution is 6.36. The predicted octanol–water partition coefficient (Wildman–Crippen LogP) is 11.9. The third-order valence-electron chi connectivity index (χ3n) is 8.81. The molecule has 7 aromatic carbocycles. The summed E-state index contributed by atoms with van der Waals surface area (Å²) in [6.07, 6.45) is 0. The van der Waals surface area contributed by atoms with Crippen LogP contribution in [0.25, 0.3) is 89.1 Å². The largest absolute Gasteiger partial charge is 0.454 e. The van der Waals surface area contributed by atoms with E-state index in [0.717, 1.165) is 55.3 Å². The van der Waals surface area contributed by atoms with Crippen molar-refractivity contribution in [2.45, 2.75) is 0 Å². The van der Waals surface area contributed by atoms with Crippen molar-refractivity contribution in [2.75, 3.05) is 0 Å². The minimum absolute atomic E-state index is 0.541. The first-order valence-corrected chi connectivity index (χ1v) is 16.2.